The van der Waals surface area contributed by atoms with Crippen LogP contribution in [0, 0.1) is 0 Å². The molecule has 8 nitrogen and oxygen atoms in total. The maximum Gasteiger partial charge on any atom is 0.315 e. The third-order valence-corrected chi connectivity index (χ3v) is 4.55. The Morgan fingerprint density at radius 1 is 1.32 bits per heavy atom. The molecule has 2 aliphatic heterocycles. The summed E-state index contributed by atoms with van der Waals surface area (Å²) in [5, 5.41) is 10.2. The lowest BCUT2D eigenvalue weighted by atomic mass is 10.1. The summed E-state index contributed by atoms with van der Waals surface area (Å²) >= 11 is 0. The highest BCUT2D eigenvalue weighted by Gasteiger charge is 2.22. The van der Waals surface area contributed by atoms with Gasteiger partial charge < -0.3 is 20.1 Å². The van der Waals surface area contributed by atoms with Crippen molar-refractivity contribution in [3.8, 4) is 11.5 Å². The molecule has 3 heterocycles. The summed E-state index contributed by atoms with van der Waals surface area (Å²) in [6.45, 7) is 3.71. The second-order valence-electron chi connectivity index (χ2n) is 6.34. The van der Waals surface area contributed by atoms with E-state index >= 15 is 0 Å². The van der Waals surface area contributed by atoms with Crippen molar-refractivity contribution in [3.05, 3.63) is 35.9 Å². The van der Waals surface area contributed by atoms with Crippen molar-refractivity contribution in [3.63, 3.8) is 0 Å². The van der Waals surface area contributed by atoms with Crippen molar-refractivity contribution in [1.82, 2.24) is 25.4 Å². The van der Waals surface area contributed by atoms with E-state index in [-0.39, 0.29) is 18.1 Å². The van der Waals surface area contributed by atoms with Crippen LogP contribution in [0.1, 0.15) is 30.8 Å². The molecule has 1 aromatic heterocycles. The SMILES string of the molecule is CC(NC(=O)NC1CCc2ncnn2C1)c1ccc2c(c1)OCCO2. The summed E-state index contributed by atoms with van der Waals surface area (Å²) in [5.41, 5.74) is 0.974. The summed E-state index contributed by atoms with van der Waals surface area (Å²) in [6, 6.07) is 5.48. The Labute approximate surface area is 145 Å². The predicted octanol–water partition coefficient (Wildman–Crippen LogP) is 1.42. The summed E-state index contributed by atoms with van der Waals surface area (Å²) in [5.74, 6) is 2.45. The summed E-state index contributed by atoms with van der Waals surface area (Å²) in [6.07, 6.45) is 3.24. The van der Waals surface area contributed by atoms with Gasteiger partial charge in [0.05, 0.1) is 18.6 Å². The molecule has 2 amide bonds. The van der Waals surface area contributed by atoms with E-state index in [2.05, 4.69) is 20.7 Å². The first kappa shape index (κ1) is 15.7. The van der Waals surface area contributed by atoms with E-state index in [0.29, 0.717) is 19.8 Å². The average molecular weight is 343 g/mol. The smallest absolute Gasteiger partial charge is 0.315 e. The maximum absolute atomic E-state index is 12.3. The number of carbonyl (C=O) groups excluding carboxylic acids is 1. The van der Waals surface area contributed by atoms with Gasteiger partial charge >= 0.3 is 6.03 Å². The van der Waals surface area contributed by atoms with Gasteiger partial charge in [-0.05, 0) is 31.0 Å². The van der Waals surface area contributed by atoms with Gasteiger partial charge in [-0.2, -0.15) is 5.10 Å². The number of ether oxygens (including phenoxy) is 2. The Morgan fingerprint density at radius 3 is 3.04 bits per heavy atom. The quantitative estimate of drug-likeness (QED) is 0.880. The Kier molecular flexibility index (Phi) is 4.17. The van der Waals surface area contributed by atoms with Crippen LogP contribution < -0.4 is 20.1 Å². The first-order valence-corrected chi connectivity index (χ1v) is 8.52. The van der Waals surface area contributed by atoms with E-state index in [4.69, 9.17) is 9.47 Å². The molecule has 2 aromatic rings. The largest absolute Gasteiger partial charge is 0.486 e. The topological polar surface area (TPSA) is 90.3 Å². The van der Waals surface area contributed by atoms with Crippen LogP contribution >= 0.6 is 0 Å². The molecule has 2 aliphatic rings. The number of hydrogen-bond acceptors (Lipinski definition) is 5. The first-order valence-electron chi connectivity index (χ1n) is 8.52. The molecule has 0 saturated carbocycles. The minimum atomic E-state index is -0.184. The van der Waals surface area contributed by atoms with Crippen LogP contribution in [0.3, 0.4) is 0 Å². The normalized spacial score (nSPS) is 19.6. The highest BCUT2D eigenvalue weighted by atomic mass is 16.6. The average Bonchev–Trinajstić information content (AvgIpc) is 3.09. The highest BCUT2D eigenvalue weighted by Crippen LogP contribution is 2.32. The lowest BCUT2D eigenvalue weighted by molar-refractivity contribution is 0.171. The highest BCUT2D eigenvalue weighted by molar-refractivity contribution is 5.74. The molecule has 0 radical (unpaired) electrons. The standard InChI is InChI=1S/C17H21N5O3/c1-11(12-2-4-14-15(8-12)25-7-6-24-14)20-17(23)21-13-3-5-16-18-10-19-22(16)9-13/h2,4,8,10-11,13H,3,5-7,9H2,1H3,(H2,20,21,23). The van der Waals surface area contributed by atoms with Crippen LogP contribution in [0.2, 0.25) is 0 Å². The van der Waals surface area contributed by atoms with Crippen molar-refractivity contribution in [2.75, 3.05) is 13.2 Å². The van der Waals surface area contributed by atoms with Crippen LogP contribution in [-0.2, 0) is 13.0 Å². The fourth-order valence-electron chi connectivity index (χ4n) is 3.19. The number of aromatic nitrogens is 3. The predicted molar refractivity (Wildman–Crippen MR) is 89.6 cm³/mol. The lowest BCUT2D eigenvalue weighted by Crippen LogP contribution is -2.46. The Hall–Kier alpha value is -2.77. The molecule has 0 aliphatic carbocycles. The van der Waals surface area contributed by atoms with Crippen LogP contribution in [0.5, 0.6) is 11.5 Å². The molecule has 132 valence electrons. The van der Waals surface area contributed by atoms with Crippen LogP contribution in [0.4, 0.5) is 4.79 Å². The Bertz CT molecular complexity index is 775. The molecular weight excluding hydrogens is 322 g/mol. The molecule has 4 rings (SSSR count). The number of nitrogens with zero attached hydrogens (tertiary/aromatic N) is 3. The number of urea groups is 1. The second kappa shape index (κ2) is 6.62. The Balaban J connectivity index is 1.34. The van der Waals surface area contributed by atoms with Gasteiger partial charge in [-0.25, -0.2) is 14.5 Å². The molecule has 0 bridgehead atoms. The minimum Gasteiger partial charge on any atom is -0.486 e. The van der Waals surface area contributed by atoms with Gasteiger partial charge in [-0.3, -0.25) is 0 Å². The van der Waals surface area contributed by atoms with Crippen LogP contribution in [-0.4, -0.2) is 40.1 Å². The summed E-state index contributed by atoms with van der Waals surface area (Å²) in [4.78, 5) is 16.5. The van der Waals surface area contributed by atoms with Gasteiger partial charge in [-0.15, -0.1) is 0 Å². The van der Waals surface area contributed by atoms with Crippen molar-refractivity contribution in [2.45, 2.75) is 38.4 Å². The summed E-state index contributed by atoms with van der Waals surface area (Å²) < 4.78 is 13.0. The number of fused-ring (bicyclic) bond motifs is 2. The van der Waals surface area contributed by atoms with E-state index in [1.165, 1.54) is 0 Å². The maximum atomic E-state index is 12.3. The number of nitrogens with one attached hydrogen (secondary N) is 2. The molecule has 0 spiro atoms. The van der Waals surface area contributed by atoms with Gasteiger partial charge in [0.1, 0.15) is 25.4 Å². The molecule has 2 N–H and O–H groups in total. The minimum absolute atomic E-state index is 0.0571. The van der Waals surface area contributed by atoms with Gasteiger partial charge in [0.2, 0.25) is 0 Å². The molecule has 2 atom stereocenters. The third kappa shape index (κ3) is 3.38. The first-order chi connectivity index (χ1) is 12.2. The molecule has 0 fully saturated rings. The van der Waals surface area contributed by atoms with Crippen molar-refractivity contribution in [1.29, 1.82) is 0 Å². The zero-order valence-corrected chi connectivity index (χ0v) is 14.1. The zero-order chi connectivity index (χ0) is 17.2. The van der Waals surface area contributed by atoms with E-state index in [1.807, 2.05) is 29.8 Å². The van der Waals surface area contributed by atoms with E-state index < -0.39 is 0 Å². The van der Waals surface area contributed by atoms with E-state index in [1.54, 1.807) is 6.33 Å². The Morgan fingerprint density at radius 2 is 2.16 bits per heavy atom. The van der Waals surface area contributed by atoms with Gasteiger partial charge in [0.25, 0.3) is 0 Å². The molecule has 2 unspecified atom stereocenters. The molecular formula is C17H21N5O3. The molecule has 25 heavy (non-hydrogen) atoms. The number of benzene rings is 1. The lowest BCUT2D eigenvalue weighted by Gasteiger charge is -2.25. The molecule has 1 aromatic carbocycles. The monoisotopic (exact) mass is 343 g/mol. The van der Waals surface area contributed by atoms with Crippen LogP contribution in [0.25, 0.3) is 0 Å². The van der Waals surface area contributed by atoms with E-state index in [9.17, 15) is 4.79 Å². The number of aryl methyl sites for hydroxylation is 1. The van der Waals surface area contributed by atoms with E-state index in [0.717, 1.165) is 35.7 Å². The van der Waals surface area contributed by atoms with Gasteiger partial charge in [0, 0.05) is 6.42 Å². The van der Waals surface area contributed by atoms with Crippen molar-refractivity contribution < 1.29 is 14.3 Å². The number of hydrogen-bond donors (Lipinski definition) is 2. The zero-order valence-electron chi connectivity index (χ0n) is 14.1. The van der Waals surface area contributed by atoms with Gasteiger partial charge in [0.15, 0.2) is 11.5 Å². The summed E-state index contributed by atoms with van der Waals surface area (Å²) in [7, 11) is 0. The second-order valence-corrected chi connectivity index (χ2v) is 6.34. The molecule has 8 heteroatoms. The van der Waals surface area contributed by atoms with Crippen LogP contribution in [0.15, 0.2) is 24.5 Å². The number of rotatable bonds is 3. The van der Waals surface area contributed by atoms with Crippen molar-refractivity contribution in [2.24, 2.45) is 0 Å². The fourth-order valence-corrected chi connectivity index (χ4v) is 3.19. The number of amides is 2. The third-order valence-electron chi connectivity index (χ3n) is 4.55. The fraction of sp³-hybridized carbons (Fsp3) is 0.471. The van der Waals surface area contributed by atoms with Crippen molar-refractivity contribution >= 4 is 6.03 Å². The van der Waals surface area contributed by atoms with Gasteiger partial charge in [-0.1, -0.05) is 6.07 Å². The number of carbonyl (C=O) groups is 1. The molecule has 0 saturated heterocycles.